The third-order valence-electron chi connectivity index (χ3n) is 2.78. The molecule has 2 aromatic carbocycles. The highest BCUT2D eigenvalue weighted by molar-refractivity contribution is 6.20. The van der Waals surface area contributed by atoms with E-state index in [0.29, 0.717) is 24.7 Å². The Morgan fingerprint density at radius 3 is 1.61 bits per heavy atom. The van der Waals surface area contributed by atoms with Crippen molar-refractivity contribution in [2.24, 2.45) is 0 Å². The predicted molar refractivity (Wildman–Crippen MR) is 82.1 cm³/mol. The molecule has 0 saturated carbocycles. The van der Waals surface area contributed by atoms with Crippen LogP contribution in [-0.4, -0.2) is 20.9 Å². The summed E-state index contributed by atoms with van der Waals surface area (Å²) in [4.78, 5) is 0. The van der Waals surface area contributed by atoms with Crippen LogP contribution < -0.4 is 18.8 Å². The van der Waals surface area contributed by atoms with E-state index < -0.39 is 11.6 Å². The van der Waals surface area contributed by atoms with E-state index in [2.05, 4.69) is 0 Å². The lowest BCUT2D eigenvalue weighted by molar-refractivity contribution is 0.335. The molecule has 23 heavy (non-hydrogen) atoms. The summed E-state index contributed by atoms with van der Waals surface area (Å²) in [6, 6.07) is 8.15. The summed E-state index contributed by atoms with van der Waals surface area (Å²) in [5, 5.41) is 0. The van der Waals surface area contributed by atoms with Crippen molar-refractivity contribution in [1.82, 2.24) is 0 Å². The Hall–Kier alpha value is -2.44. The normalized spacial score (nSPS) is 10.1. The molecule has 0 atom stereocenters. The molecule has 0 aromatic heterocycles. The first-order valence-electron chi connectivity index (χ1n) is 7.13. The molecule has 0 aliphatic carbocycles. The minimum atomic E-state index is -0.586. The molecule has 4 nitrogen and oxygen atoms in total. The van der Waals surface area contributed by atoms with E-state index in [0.717, 1.165) is 7.69 Å². The van der Waals surface area contributed by atoms with E-state index in [1.807, 2.05) is 13.8 Å². The van der Waals surface area contributed by atoms with Gasteiger partial charge in [-0.1, -0.05) is 0 Å². The van der Waals surface area contributed by atoms with E-state index in [4.69, 9.17) is 18.8 Å². The molecule has 0 spiro atoms. The lowest BCUT2D eigenvalue weighted by Gasteiger charge is -2.11. The van der Waals surface area contributed by atoms with Crippen LogP contribution in [0.3, 0.4) is 0 Å². The van der Waals surface area contributed by atoms with Crippen molar-refractivity contribution < 1.29 is 27.6 Å². The molecule has 2 aromatic rings. The van der Waals surface area contributed by atoms with E-state index in [9.17, 15) is 8.78 Å². The standard InChI is InChI=1S/C16H16BF2O4/c1-3-20-11-5-7-13(18)15(9-11)22-17-23-16-10-12(21-4-2)6-8-14(16)19/h5-10H,3-4H2,1-2H3. The van der Waals surface area contributed by atoms with Crippen molar-refractivity contribution in [3.05, 3.63) is 48.0 Å². The van der Waals surface area contributed by atoms with Crippen molar-refractivity contribution in [3.8, 4) is 23.0 Å². The Balaban J connectivity index is 1.99. The Morgan fingerprint density at radius 1 is 0.783 bits per heavy atom. The van der Waals surface area contributed by atoms with Gasteiger partial charge in [0.2, 0.25) is 0 Å². The summed E-state index contributed by atoms with van der Waals surface area (Å²) in [7, 11) is 0.849. The van der Waals surface area contributed by atoms with Gasteiger partial charge in [0.05, 0.1) is 13.2 Å². The first-order chi connectivity index (χ1) is 11.1. The van der Waals surface area contributed by atoms with Crippen LogP contribution in [0.25, 0.3) is 0 Å². The van der Waals surface area contributed by atoms with E-state index >= 15 is 0 Å². The maximum Gasteiger partial charge on any atom is 0.658 e. The van der Waals surface area contributed by atoms with Gasteiger partial charge in [0, 0.05) is 12.1 Å². The fourth-order valence-electron chi connectivity index (χ4n) is 1.79. The molecule has 0 fully saturated rings. The molecule has 0 unspecified atom stereocenters. The fourth-order valence-corrected chi connectivity index (χ4v) is 1.79. The maximum absolute atomic E-state index is 13.6. The summed E-state index contributed by atoms with van der Waals surface area (Å²) in [6.45, 7) is 4.52. The van der Waals surface area contributed by atoms with Gasteiger partial charge in [-0.3, -0.25) is 0 Å². The second-order valence-corrected chi connectivity index (χ2v) is 4.38. The topological polar surface area (TPSA) is 36.9 Å². The molecule has 1 radical (unpaired) electrons. The molecule has 2 rings (SSSR count). The molecule has 121 valence electrons. The van der Waals surface area contributed by atoms with Gasteiger partial charge >= 0.3 is 7.69 Å². The number of halogens is 2. The van der Waals surface area contributed by atoms with Gasteiger partial charge in [-0.25, -0.2) is 8.78 Å². The van der Waals surface area contributed by atoms with E-state index in [-0.39, 0.29) is 11.5 Å². The molecule has 0 N–H and O–H groups in total. The zero-order chi connectivity index (χ0) is 16.7. The second kappa shape index (κ2) is 8.26. The van der Waals surface area contributed by atoms with Crippen LogP contribution >= 0.6 is 0 Å². The number of benzene rings is 2. The molecular weight excluding hydrogens is 305 g/mol. The zero-order valence-corrected chi connectivity index (χ0v) is 12.8. The third kappa shape index (κ3) is 4.77. The highest BCUT2D eigenvalue weighted by Gasteiger charge is 2.11. The van der Waals surface area contributed by atoms with E-state index in [1.54, 1.807) is 0 Å². The Labute approximate surface area is 134 Å². The molecule has 0 heterocycles. The van der Waals surface area contributed by atoms with Crippen molar-refractivity contribution in [2.45, 2.75) is 13.8 Å². The number of ether oxygens (including phenoxy) is 2. The third-order valence-corrected chi connectivity index (χ3v) is 2.78. The Kier molecular flexibility index (Phi) is 6.08. The van der Waals surface area contributed by atoms with Crippen LogP contribution in [0.2, 0.25) is 0 Å². The van der Waals surface area contributed by atoms with Gasteiger partial charge < -0.3 is 18.8 Å². The summed E-state index contributed by atoms with van der Waals surface area (Å²) >= 11 is 0. The van der Waals surface area contributed by atoms with Crippen LogP contribution in [0, 0.1) is 11.6 Å². The van der Waals surface area contributed by atoms with Gasteiger partial charge in [0.25, 0.3) is 0 Å². The van der Waals surface area contributed by atoms with Crippen LogP contribution in [0.4, 0.5) is 8.78 Å². The first kappa shape index (κ1) is 16.9. The molecule has 0 saturated heterocycles. The highest BCUT2D eigenvalue weighted by atomic mass is 19.1. The average molecular weight is 321 g/mol. The highest BCUT2D eigenvalue weighted by Crippen LogP contribution is 2.25. The predicted octanol–water partition coefficient (Wildman–Crippen LogP) is 3.75. The number of rotatable bonds is 8. The van der Waals surface area contributed by atoms with Crippen molar-refractivity contribution >= 4 is 7.69 Å². The minimum absolute atomic E-state index is 0.0858. The number of hydrogen-bond acceptors (Lipinski definition) is 4. The van der Waals surface area contributed by atoms with Crippen LogP contribution in [-0.2, 0) is 0 Å². The first-order valence-corrected chi connectivity index (χ1v) is 7.13. The van der Waals surface area contributed by atoms with Crippen molar-refractivity contribution in [3.63, 3.8) is 0 Å². The zero-order valence-electron chi connectivity index (χ0n) is 12.8. The van der Waals surface area contributed by atoms with Crippen LogP contribution in [0.5, 0.6) is 23.0 Å². The maximum atomic E-state index is 13.6. The summed E-state index contributed by atoms with van der Waals surface area (Å²) in [5.41, 5.74) is 0. The SMILES string of the molecule is CCOc1ccc(F)c(O[B]Oc2cc(OCC)ccc2F)c1. The summed E-state index contributed by atoms with van der Waals surface area (Å²) < 4.78 is 47.9. The van der Waals surface area contributed by atoms with Gasteiger partial charge in [-0.2, -0.15) is 0 Å². The van der Waals surface area contributed by atoms with E-state index in [1.165, 1.54) is 36.4 Å². The number of hydrogen-bond donors (Lipinski definition) is 0. The van der Waals surface area contributed by atoms with Gasteiger partial charge in [-0.05, 0) is 38.1 Å². The van der Waals surface area contributed by atoms with Crippen LogP contribution in [0.1, 0.15) is 13.8 Å². The van der Waals surface area contributed by atoms with Gasteiger partial charge in [0.15, 0.2) is 11.6 Å². The lowest BCUT2D eigenvalue weighted by atomic mass is 10.2. The Bertz CT molecular complexity index is 596. The Morgan fingerprint density at radius 2 is 1.22 bits per heavy atom. The molecule has 7 heteroatoms. The monoisotopic (exact) mass is 321 g/mol. The fraction of sp³-hybridized carbons (Fsp3) is 0.250. The second-order valence-electron chi connectivity index (χ2n) is 4.38. The van der Waals surface area contributed by atoms with Crippen LogP contribution in [0.15, 0.2) is 36.4 Å². The molecule has 0 bridgehead atoms. The largest absolute Gasteiger partial charge is 0.658 e. The van der Waals surface area contributed by atoms with Gasteiger partial charge in [0.1, 0.15) is 23.0 Å². The molecule has 0 amide bonds. The molecular formula is C16H16BF2O4. The summed E-state index contributed by atoms with van der Waals surface area (Å²) in [6.07, 6.45) is 0. The minimum Gasteiger partial charge on any atom is -0.524 e. The van der Waals surface area contributed by atoms with Crippen molar-refractivity contribution in [2.75, 3.05) is 13.2 Å². The quantitative estimate of drug-likeness (QED) is 0.694. The average Bonchev–Trinajstić information content (AvgIpc) is 2.54. The molecule has 0 aliphatic heterocycles. The van der Waals surface area contributed by atoms with Crippen molar-refractivity contribution in [1.29, 1.82) is 0 Å². The molecule has 0 aliphatic rings. The smallest absolute Gasteiger partial charge is 0.524 e. The lowest BCUT2D eigenvalue weighted by Crippen LogP contribution is -2.13. The summed E-state index contributed by atoms with van der Waals surface area (Å²) in [5.74, 6) is -0.424. The van der Waals surface area contributed by atoms with Gasteiger partial charge in [-0.15, -0.1) is 0 Å².